The van der Waals surface area contributed by atoms with Gasteiger partial charge in [-0.2, -0.15) is 0 Å². The maximum absolute atomic E-state index is 11.4. The molecule has 0 heterocycles. The number of esters is 1. The summed E-state index contributed by atoms with van der Waals surface area (Å²) < 4.78 is 4.79. The Morgan fingerprint density at radius 2 is 1.93 bits per heavy atom. The molecule has 3 heteroatoms. The molecule has 0 aromatic heterocycles. The fourth-order valence-electron chi connectivity index (χ4n) is 1.07. The second-order valence-electron chi connectivity index (χ2n) is 3.41. The van der Waals surface area contributed by atoms with Gasteiger partial charge in [-0.1, -0.05) is 23.8 Å². The molecule has 80 valence electrons. The van der Waals surface area contributed by atoms with Crippen molar-refractivity contribution in [2.75, 3.05) is 0 Å². The summed E-state index contributed by atoms with van der Waals surface area (Å²) in [7, 11) is 0. The van der Waals surface area contributed by atoms with E-state index in [9.17, 15) is 9.90 Å². The molecule has 1 unspecified atom stereocenters. The lowest BCUT2D eigenvalue weighted by molar-refractivity contribution is -0.0355. The zero-order chi connectivity index (χ0) is 11.3. The summed E-state index contributed by atoms with van der Waals surface area (Å²) in [4.78, 5) is 11.4. The molecule has 0 aliphatic rings. The number of hydrogen-bond acceptors (Lipinski definition) is 3. The normalized spacial score (nSPS) is 11.7. The number of carbonyl (C=O) groups excluding carboxylic acids is 1. The van der Waals surface area contributed by atoms with Gasteiger partial charge in [0.1, 0.15) is 0 Å². The van der Waals surface area contributed by atoms with Crippen molar-refractivity contribution in [3.8, 4) is 0 Å². The van der Waals surface area contributed by atoms with E-state index in [-0.39, 0.29) is 0 Å². The van der Waals surface area contributed by atoms with Gasteiger partial charge in [-0.05, 0) is 32.1 Å². The monoisotopic (exact) mass is 206 g/mol. The molecule has 1 atom stereocenters. The minimum Gasteiger partial charge on any atom is -0.429 e. The lowest BCUT2D eigenvalue weighted by Crippen LogP contribution is -2.15. The van der Waals surface area contributed by atoms with E-state index in [2.05, 4.69) is 0 Å². The predicted molar refractivity (Wildman–Crippen MR) is 57.3 cm³/mol. The van der Waals surface area contributed by atoms with Crippen molar-refractivity contribution >= 4 is 5.97 Å². The zero-order valence-electron chi connectivity index (χ0n) is 8.81. The smallest absolute Gasteiger partial charge is 0.340 e. The predicted octanol–water partition coefficient (Wildman–Crippen LogP) is 2.13. The van der Waals surface area contributed by atoms with Crippen LogP contribution >= 0.6 is 0 Å². The Morgan fingerprint density at radius 1 is 1.33 bits per heavy atom. The van der Waals surface area contributed by atoms with E-state index in [1.165, 1.54) is 6.08 Å². The number of benzene rings is 1. The topological polar surface area (TPSA) is 46.5 Å². The number of rotatable bonds is 3. The molecule has 15 heavy (non-hydrogen) atoms. The quantitative estimate of drug-likeness (QED) is 0.468. The van der Waals surface area contributed by atoms with Crippen LogP contribution in [0.15, 0.2) is 42.0 Å². The van der Waals surface area contributed by atoms with E-state index in [4.69, 9.17) is 4.74 Å². The van der Waals surface area contributed by atoms with Gasteiger partial charge in [0.15, 0.2) is 0 Å². The molecule has 0 bridgehead atoms. The highest BCUT2D eigenvalue weighted by Crippen LogP contribution is 2.04. The molecule has 0 saturated carbocycles. The molecule has 1 N–H and O–H groups in total. The van der Waals surface area contributed by atoms with Crippen LogP contribution in [0.4, 0.5) is 0 Å². The van der Waals surface area contributed by atoms with Crippen molar-refractivity contribution in [1.82, 2.24) is 0 Å². The van der Waals surface area contributed by atoms with Gasteiger partial charge in [-0.3, -0.25) is 0 Å². The summed E-state index contributed by atoms with van der Waals surface area (Å²) in [6, 6.07) is 8.56. The van der Waals surface area contributed by atoms with E-state index in [1.54, 1.807) is 24.3 Å². The van der Waals surface area contributed by atoms with Gasteiger partial charge in [0.05, 0.1) is 5.56 Å². The number of ether oxygens (including phenoxy) is 1. The third kappa shape index (κ3) is 3.95. The Bertz CT molecular complexity index is 350. The number of aliphatic hydroxyl groups is 1. The summed E-state index contributed by atoms with van der Waals surface area (Å²) in [5.74, 6) is -0.527. The Balaban J connectivity index is 2.61. The molecule has 0 fully saturated rings. The van der Waals surface area contributed by atoms with Gasteiger partial charge in [-0.25, -0.2) is 4.79 Å². The number of carbonyl (C=O) groups is 1. The van der Waals surface area contributed by atoms with Crippen LogP contribution in [0.1, 0.15) is 24.2 Å². The zero-order valence-corrected chi connectivity index (χ0v) is 8.81. The van der Waals surface area contributed by atoms with Crippen molar-refractivity contribution in [3.63, 3.8) is 0 Å². The van der Waals surface area contributed by atoms with Crippen LogP contribution in [0, 0.1) is 0 Å². The lowest BCUT2D eigenvalue weighted by Gasteiger charge is -2.08. The standard InChI is InChI=1S/C12H14O3/c1-9(2)8-11(13)15-12(14)10-6-4-3-5-7-10/h3-8,11,13H,1-2H3. The van der Waals surface area contributed by atoms with Crippen molar-refractivity contribution in [2.24, 2.45) is 0 Å². The van der Waals surface area contributed by atoms with Gasteiger partial charge in [-0.15, -0.1) is 0 Å². The highest BCUT2D eigenvalue weighted by atomic mass is 16.6. The maximum Gasteiger partial charge on any atom is 0.340 e. The Morgan fingerprint density at radius 3 is 2.47 bits per heavy atom. The molecule has 0 aliphatic carbocycles. The Labute approximate surface area is 89.0 Å². The molecular formula is C12H14O3. The molecule has 1 aromatic rings. The maximum atomic E-state index is 11.4. The average Bonchev–Trinajstić information content (AvgIpc) is 2.17. The van der Waals surface area contributed by atoms with Crippen molar-refractivity contribution in [3.05, 3.63) is 47.5 Å². The fourth-order valence-corrected chi connectivity index (χ4v) is 1.07. The molecular weight excluding hydrogens is 192 g/mol. The van der Waals surface area contributed by atoms with E-state index in [0.29, 0.717) is 5.56 Å². The van der Waals surface area contributed by atoms with Crippen LogP contribution < -0.4 is 0 Å². The number of hydrogen-bond donors (Lipinski definition) is 1. The van der Waals surface area contributed by atoms with Crippen molar-refractivity contribution < 1.29 is 14.6 Å². The summed E-state index contributed by atoms with van der Waals surface area (Å²) in [6.45, 7) is 3.64. The van der Waals surface area contributed by atoms with E-state index in [1.807, 2.05) is 19.9 Å². The molecule has 1 aromatic carbocycles. The van der Waals surface area contributed by atoms with Crippen LogP contribution in [-0.4, -0.2) is 17.4 Å². The first-order valence-corrected chi connectivity index (χ1v) is 4.68. The molecule has 0 saturated heterocycles. The molecule has 0 aliphatic heterocycles. The molecule has 0 spiro atoms. The SMILES string of the molecule is CC(C)=CC(O)OC(=O)c1ccccc1. The van der Waals surface area contributed by atoms with Crippen molar-refractivity contribution in [1.29, 1.82) is 0 Å². The second-order valence-corrected chi connectivity index (χ2v) is 3.41. The third-order valence-corrected chi connectivity index (χ3v) is 1.71. The highest BCUT2D eigenvalue weighted by molar-refractivity contribution is 5.89. The van der Waals surface area contributed by atoms with Gasteiger partial charge in [0.2, 0.25) is 6.29 Å². The van der Waals surface area contributed by atoms with E-state index >= 15 is 0 Å². The minimum atomic E-state index is -1.18. The highest BCUT2D eigenvalue weighted by Gasteiger charge is 2.10. The Kier molecular flexibility index (Phi) is 4.06. The molecule has 0 amide bonds. The molecule has 3 nitrogen and oxygen atoms in total. The lowest BCUT2D eigenvalue weighted by atomic mass is 10.2. The summed E-state index contributed by atoms with van der Waals surface area (Å²) in [5, 5.41) is 9.33. The summed E-state index contributed by atoms with van der Waals surface area (Å²) in [5.41, 5.74) is 1.32. The first-order valence-electron chi connectivity index (χ1n) is 4.68. The largest absolute Gasteiger partial charge is 0.429 e. The molecule has 1 rings (SSSR count). The van der Waals surface area contributed by atoms with Crippen LogP contribution in [0.5, 0.6) is 0 Å². The van der Waals surface area contributed by atoms with Crippen LogP contribution in [0.2, 0.25) is 0 Å². The average molecular weight is 206 g/mol. The van der Waals surface area contributed by atoms with Crippen molar-refractivity contribution in [2.45, 2.75) is 20.1 Å². The van der Waals surface area contributed by atoms with E-state index in [0.717, 1.165) is 5.57 Å². The van der Waals surface area contributed by atoms with E-state index < -0.39 is 12.3 Å². The first-order chi connectivity index (χ1) is 7.09. The van der Waals surface area contributed by atoms with Gasteiger partial charge >= 0.3 is 5.97 Å². The Hall–Kier alpha value is -1.61. The third-order valence-electron chi connectivity index (χ3n) is 1.71. The first kappa shape index (κ1) is 11.5. The van der Waals surface area contributed by atoms with Crippen LogP contribution in [0.25, 0.3) is 0 Å². The van der Waals surface area contributed by atoms with Gasteiger partial charge in [0.25, 0.3) is 0 Å². The summed E-state index contributed by atoms with van der Waals surface area (Å²) >= 11 is 0. The van der Waals surface area contributed by atoms with Crippen LogP contribution in [0.3, 0.4) is 0 Å². The van der Waals surface area contributed by atoms with Gasteiger partial charge in [0, 0.05) is 0 Å². The fraction of sp³-hybridized carbons (Fsp3) is 0.250. The van der Waals surface area contributed by atoms with Gasteiger partial charge < -0.3 is 9.84 Å². The minimum absolute atomic E-state index is 0.429. The van der Waals surface area contributed by atoms with Crippen LogP contribution in [-0.2, 0) is 4.74 Å². The summed E-state index contributed by atoms with van der Waals surface area (Å²) in [6.07, 6.45) is 0.295. The number of aliphatic hydroxyl groups excluding tert-OH is 1. The molecule has 0 radical (unpaired) electrons. The second kappa shape index (κ2) is 5.32. The number of allylic oxidation sites excluding steroid dienone is 1.